The predicted molar refractivity (Wildman–Crippen MR) is 82.5 cm³/mol. The van der Waals surface area contributed by atoms with Crippen molar-refractivity contribution in [2.75, 3.05) is 20.3 Å². The van der Waals surface area contributed by atoms with Gasteiger partial charge in [0, 0.05) is 12.6 Å². The Hall–Kier alpha value is -1.22. The first-order chi connectivity index (χ1) is 9.70. The molecule has 2 rings (SSSR count). The third-order valence-corrected chi connectivity index (χ3v) is 4.54. The molecule has 0 aliphatic heterocycles. The van der Waals surface area contributed by atoms with Crippen LogP contribution in [-0.2, 0) is 0 Å². The molecule has 1 saturated carbocycles. The molecular formula is C17H27NO2. The zero-order chi connectivity index (χ0) is 14.4. The van der Waals surface area contributed by atoms with E-state index < -0.39 is 0 Å². The van der Waals surface area contributed by atoms with Crippen LogP contribution >= 0.6 is 0 Å². The summed E-state index contributed by atoms with van der Waals surface area (Å²) in [4.78, 5) is 0. The van der Waals surface area contributed by atoms with Crippen LogP contribution in [0.1, 0.15) is 33.1 Å². The van der Waals surface area contributed by atoms with E-state index in [-0.39, 0.29) is 0 Å². The average Bonchev–Trinajstić information content (AvgIpc) is 2.48. The summed E-state index contributed by atoms with van der Waals surface area (Å²) in [5.74, 6) is 3.37. The maximum Gasteiger partial charge on any atom is 0.119 e. The summed E-state index contributed by atoms with van der Waals surface area (Å²) >= 11 is 0. The maximum absolute atomic E-state index is 5.74. The van der Waals surface area contributed by atoms with E-state index in [0.717, 1.165) is 29.9 Å². The van der Waals surface area contributed by atoms with Crippen molar-refractivity contribution in [1.29, 1.82) is 0 Å². The average molecular weight is 277 g/mol. The summed E-state index contributed by atoms with van der Waals surface area (Å²) in [5.41, 5.74) is 0. The molecule has 0 spiro atoms. The Labute approximate surface area is 122 Å². The zero-order valence-electron chi connectivity index (χ0n) is 12.9. The molecule has 1 fully saturated rings. The smallest absolute Gasteiger partial charge is 0.119 e. The fraction of sp³-hybridized carbons (Fsp3) is 0.647. The number of benzene rings is 1. The van der Waals surface area contributed by atoms with Crippen LogP contribution in [0, 0.1) is 11.8 Å². The molecule has 0 amide bonds. The number of ether oxygens (including phenoxy) is 2. The van der Waals surface area contributed by atoms with Crippen molar-refractivity contribution in [3.05, 3.63) is 24.3 Å². The van der Waals surface area contributed by atoms with Gasteiger partial charge in [0.25, 0.3) is 0 Å². The lowest BCUT2D eigenvalue weighted by Crippen LogP contribution is -2.42. The Kier molecular flexibility index (Phi) is 5.72. The number of nitrogens with one attached hydrogen (secondary N) is 1. The molecular weight excluding hydrogens is 250 g/mol. The van der Waals surface area contributed by atoms with Crippen LogP contribution in [0.5, 0.6) is 11.5 Å². The Morgan fingerprint density at radius 3 is 2.50 bits per heavy atom. The minimum Gasteiger partial charge on any atom is -0.497 e. The summed E-state index contributed by atoms with van der Waals surface area (Å²) in [6.07, 6.45) is 4.03. The molecule has 20 heavy (non-hydrogen) atoms. The third-order valence-electron chi connectivity index (χ3n) is 4.54. The fourth-order valence-electron chi connectivity index (χ4n) is 2.96. The van der Waals surface area contributed by atoms with Gasteiger partial charge in [-0.15, -0.1) is 0 Å². The number of rotatable bonds is 6. The van der Waals surface area contributed by atoms with Crippen molar-refractivity contribution in [3.63, 3.8) is 0 Å². The fourth-order valence-corrected chi connectivity index (χ4v) is 2.96. The SMILES string of the molecule is COc1ccc(OCCN[C@H]2CCC[C@H](C)[C@@H]2C)cc1. The second-order valence-corrected chi connectivity index (χ2v) is 5.85. The first kappa shape index (κ1) is 15.2. The maximum atomic E-state index is 5.74. The van der Waals surface area contributed by atoms with E-state index in [1.54, 1.807) is 7.11 Å². The minimum atomic E-state index is 0.651. The Balaban J connectivity index is 1.68. The predicted octanol–water partition coefficient (Wildman–Crippen LogP) is 3.49. The quantitative estimate of drug-likeness (QED) is 0.807. The normalized spacial score (nSPS) is 26.2. The second-order valence-electron chi connectivity index (χ2n) is 5.85. The summed E-state index contributed by atoms with van der Waals surface area (Å²) < 4.78 is 10.9. The van der Waals surface area contributed by atoms with Gasteiger partial charge < -0.3 is 14.8 Å². The molecule has 3 nitrogen and oxygen atoms in total. The largest absolute Gasteiger partial charge is 0.497 e. The standard InChI is InChI=1S/C17H27NO2/c1-13-5-4-6-17(14(13)2)18-11-12-20-16-9-7-15(19-3)8-10-16/h7-10,13-14,17-18H,4-6,11-12H2,1-3H3/t13-,14-,17-/m0/s1. The summed E-state index contributed by atoms with van der Waals surface area (Å²) in [6.45, 7) is 6.36. The van der Waals surface area contributed by atoms with Gasteiger partial charge in [-0.3, -0.25) is 0 Å². The van der Waals surface area contributed by atoms with Crippen LogP contribution in [0.2, 0.25) is 0 Å². The highest BCUT2D eigenvalue weighted by atomic mass is 16.5. The van der Waals surface area contributed by atoms with E-state index in [1.165, 1.54) is 19.3 Å². The van der Waals surface area contributed by atoms with Crippen molar-refractivity contribution in [2.45, 2.75) is 39.2 Å². The van der Waals surface area contributed by atoms with E-state index in [1.807, 2.05) is 24.3 Å². The van der Waals surface area contributed by atoms with E-state index in [2.05, 4.69) is 19.2 Å². The topological polar surface area (TPSA) is 30.5 Å². The number of hydrogen-bond acceptors (Lipinski definition) is 3. The summed E-state index contributed by atoms with van der Waals surface area (Å²) in [5, 5.41) is 3.64. The molecule has 0 radical (unpaired) electrons. The van der Waals surface area contributed by atoms with Crippen molar-refractivity contribution in [3.8, 4) is 11.5 Å². The first-order valence-corrected chi connectivity index (χ1v) is 7.71. The van der Waals surface area contributed by atoms with Gasteiger partial charge in [-0.1, -0.05) is 26.7 Å². The Morgan fingerprint density at radius 1 is 1.10 bits per heavy atom. The molecule has 1 aliphatic carbocycles. The van der Waals surface area contributed by atoms with Crippen molar-refractivity contribution >= 4 is 0 Å². The van der Waals surface area contributed by atoms with Crippen LogP contribution < -0.4 is 14.8 Å². The van der Waals surface area contributed by atoms with Gasteiger partial charge in [-0.25, -0.2) is 0 Å². The van der Waals surface area contributed by atoms with Crippen LogP contribution in [0.25, 0.3) is 0 Å². The molecule has 0 aromatic heterocycles. The van der Waals surface area contributed by atoms with E-state index in [4.69, 9.17) is 9.47 Å². The van der Waals surface area contributed by atoms with Gasteiger partial charge in [0.05, 0.1) is 7.11 Å². The highest BCUT2D eigenvalue weighted by Crippen LogP contribution is 2.29. The van der Waals surface area contributed by atoms with Crippen molar-refractivity contribution in [1.82, 2.24) is 5.32 Å². The second kappa shape index (κ2) is 7.53. The molecule has 1 N–H and O–H groups in total. The summed E-state index contributed by atoms with van der Waals surface area (Å²) in [7, 11) is 1.67. The van der Waals surface area contributed by atoms with Gasteiger partial charge in [0.15, 0.2) is 0 Å². The van der Waals surface area contributed by atoms with Gasteiger partial charge >= 0.3 is 0 Å². The van der Waals surface area contributed by atoms with E-state index in [0.29, 0.717) is 12.6 Å². The van der Waals surface area contributed by atoms with Crippen LogP contribution in [0.4, 0.5) is 0 Å². The number of hydrogen-bond donors (Lipinski definition) is 1. The first-order valence-electron chi connectivity index (χ1n) is 7.71. The van der Waals surface area contributed by atoms with Crippen molar-refractivity contribution in [2.24, 2.45) is 11.8 Å². The highest BCUT2D eigenvalue weighted by molar-refractivity contribution is 5.31. The van der Waals surface area contributed by atoms with E-state index >= 15 is 0 Å². The third kappa shape index (κ3) is 4.14. The Bertz CT molecular complexity index is 390. The van der Waals surface area contributed by atoms with Gasteiger partial charge in [0.2, 0.25) is 0 Å². The van der Waals surface area contributed by atoms with Gasteiger partial charge in [-0.05, 0) is 42.5 Å². The molecule has 0 heterocycles. The van der Waals surface area contributed by atoms with Crippen LogP contribution in [0.3, 0.4) is 0 Å². The zero-order valence-corrected chi connectivity index (χ0v) is 12.9. The van der Waals surface area contributed by atoms with Crippen molar-refractivity contribution < 1.29 is 9.47 Å². The molecule has 0 unspecified atom stereocenters. The lowest BCUT2D eigenvalue weighted by molar-refractivity contribution is 0.197. The molecule has 3 atom stereocenters. The van der Waals surface area contributed by atoms with Crippen LogP contribution in [0.15, 0.2) is 24.3 Å². The Morgan fingerprint density at radius 2 is 1.80 bits per heavy atom. The highest BCUT2D eigenvalue weighted by Gasteiger charge is 2.26. The molecule has 1 aromatic rings. The monoisotopic (exact) mass is 277 g/mol. The van der Waals surface area contributed by atoms with Gasteiger partial charge in [0.1, 0.15) is 18.1 Å². The molecule has 1 aromatic carbocycles. The molecule has 3 heteroatoms. The summed E-state index contributed by atoms with van der Waals surface area (Å²) in [6, 6.07) is 8.40. The molecule has 0 saturated heterocycles. The molecule has 1 aliphatic rings. The lowest BCUT2D eigenvalue weighted by Gasteiger charge is -2.34. The van der Waals surface area contributed by atoms with Gasteiger partial charge in [-0.2, -0.15) is 0 Å². The van der Waals surface area contributed by atoms with Crippen LogP contribution in [-0.4, -0.2) is 26.3 Å². The lowest BCUT2D eigenvalue weighted by atomic mass is 9.78. The minimum absolute atomic E-state index is 0.651. The molecule has 112 valence electrons. The van der Waals surface area contributed by atoms with E-state index in [9.17, 15) is 0 Å². The number of methoxy groups -OCH3 is 1. The molecule has 0 bridgehead atoms.